The summed E-state index contributed by atoms with van der Waals surface area (Å²) in [7, 11) is 0. The zero-order valence-corrected chi connectivity index (χ0v) is 7.23. The molecule has 2 heterocycles. The second-order valence-electron chi connectivity index (χ2n) is 3.41. The van der Waals surface area contributed by atoms with Crippen LogP contribution in [0.3, 0.4) is 0 Å². The molecule has 0 aliphatic carbocycles. The van der Waals surface area contributed by atoms with Crippen molar-refractivity contribution >= 4 is 12.4 Å². The second-order valence-corrected chi connectivity index (χ2v) is 3.41. The highest BCUT2D eigenvalue weighted by Gasteiger charge is 2.27. The van der Waals surface area contributed by atoms with Gasteiger partial charge in [-0.3, -0.25) is 4.99 Å². The standard InChI is InChI=1S/C9H11N3/c1-9(2)7-10-6-8-11-4-3-5-12(8)9/h3-7H,1-2H3. The minimum atomic E-state index is -0.0572. The number of hydrogen-bond donors (Lipinski definition) is 0. The lowest BCUT2D eigenvalue weighted by atomic mass is 10.0. The highest BCUT2D eigenvalue weighted by Crippen LogP contribution is 2.24. The van der Waals surface area contributed by atoms with Crippen LogP contribution in [0.4, 0.5) is 0 Å². The molecule has 2 aliphatic rings. The molecule has 0 aromatic heterocycles. The van der Waals surface area contributed by atoms with Crippen LogP contribution in [0.5, 0.6) is 0 Å². The van der Waals surface area contributed by atoms with Gasteiger partial charge in [0.05, 0.1) is 11.7 Å². The molecular weight excluding hydrogens is 150 g/mol. The molecule has 0 bridgehead atoms. The maximum absolute atomic E-state index is 4.21. The van der Waals surface area contributed by atoms with Crippen molar-refractivity contribution in [1.82, 2.24) is 4.90 Å². The molecule has 0 amide bonds. The van der Waals surface area contributed by atoms with Crippen LogP contribution < -0.4 is 0 Å². The van der Waals surface area contributed by atoms with Gasteiger partial charge in [-0.15, -0.1) is 0 Å². The molecule has 3 heteroatoms. The van der Waals surface area contributed by atoms with Gasteiger partial charge in [0.25, 0.3) is 0 Å². The Morgan fingerprint density at radius 2 is 2.25 bits per heavy atom. The minimum Gasteiger partial charge on any atom is -0.321 e. The minimum absolute atomic E-state index is 0.0572. The van der Waals surface area contributed by atoms with Crippen molar-refractivity contribution in [2.45, 2.75) is 19.4 Å². The fourth-order valence-electron chi connectivity index (χ4n) is 1.31. The second kappa shape index (κ2) is 2.30. The summed E-state index contributed by atoms with van der Waals surface area (Å²) in [5.74, 6) is 0.907. The number of aliphatic imine (C=N–C) groups is 2. The van der Waals surface area contributed by atoms with Crippen LogP contribution in [0, 0.1) is 0 Å². The van der Waals surface area contributed by atoms with E-state index in [1.807, 2.05) is 18.5 Å². The summed E-state index contributed by atoms with van der Waals surface area (Å²) in [5, 5.41) is 0. The Morgan fingerprint density at radius 3 is 3.00 bits per heavy atom. The first kappa shape index (κ1) is 7.28. The van der Waals surface area contributed by atoms with E-state index in [9.17, 15) is 0 Å². The Morgan fingerprint density at radius 1 is 1.42 bits per heavy atom. The van der Waals surface area contributed by atoms with E-state index in [-0.39, 0.29) is 5.54 Å². The van der Waals surface area contributed by atoms with Crippen molar-refractivity contribution in [2.75, 3.05) is 0 Å². The van der Waals surface area contributed by atoms with Crippen molar-refractivity contribution in [1.29, 1.82) is 0 Å². The molecule has 0 unspecified atom stereocenters. The molecule has 12 heavy (non-hydrogen) atoms. The van der Waals surface area contributed by atoms with E-state index in [1.165, 1.54) is 0 Å². The van der Waals surface area contributed by atoms with Gasteiger partial charge < -0.3 is 4.90 Å². The van der Waals surface area contributed by atoms with Crippen LogP contribution in [-0.2, 0) is 0 Å². The average Bonchev–Trinajstić information content (AvgIpc) is 2.04. The summed E-state index contributed by atoms with van der Waals surface area (Å²) in [4.78, 5) is 10.4. The molecule has 0 aromatic rings. The summed E-state index contributed by atoms with van der Waals surface area (Å²) in [6.45, 7) is 4.21. The predicted octanol–water partition coefficient (Wildman–Crippen LogP) is 1.55. The Labute approximate surface area is 71.8 Å². The van der Waals surface area contributed by atoms with Crippen LogP contribution in [0.2, 0.25) is 0 Å². The molecule has 0 saturated carbocycles. The molecule has 2 rings (SSSR count). The molecule has 0 aromatic carbocycles. The largest absolute Gasteiger partial charge is 0.321 e. The summed E-state index contributed by atoms with van der Waals surface area (Å²) in [6, 6.07) is 0. The Bertz CT molecular complexity index is 308. The molecule has 0 spiro atoms. The fraction of sp³-hybridized carbons (Fsp3) is 0.333. The lowest BCUT2D eigenvalue weighted by Crippen LogP contribution is -2.42. The third kappa shape index (κ3) is 0.978. The number of hydrogen-bond acceptors (Lipinski definition) is 3. The van der Waals surface area contributed by atoms with Crippen LogP contribution in [0.25, 0.3) is 0 Å². The highest BCUT2D eigenvalue weighted by molar-refractivity contribution is 5.77. The SMILES string of the molecule is CC1(C)C=NC=C2N=CC=CN21. The lowest BCUT2D eigenvalue weighted by Gasteiger charge is -2.37. The monoisotopic (exact) mass is 161 g/mol. The van der Waals surface area contributed by atoms with E-state index in [4.69, 9.17) is 0 Å². The average molecular weight is 161 g/mol. The van der Waals surface area contributed by atoms with Crippen LogP contribution >= 0.6 is 0 Å². The fourth-order valence-corrected chi connectivity index (χ4v) is 1.31. The Balaban J connectivity index is 2.42. The Kier molecular flexibility index (Phi) is 1.40. The number of allylic oxidation sites excluding steroid dienone is 1. The van der Waals surface area contributed by atoms with Crippen molar-refractivity contribution in [2.24, 2.45) is 9.98 Å². The van der Waals surface area contributed by atoms with Crippen LogP contribution in [0.15, 0.2) is 34.3 Å². The van der Waals surface area contributed by atoms with E-state index < -0.39 is 0 Å². The van der Waals surface area contributed by atoms with Gasteiger partial charge in [-0.1, -0.05) is 0 Å². The third-order valence-corrected chi connectivity index (χ3v) is 1.98. The zero-order chi connectivity index (χ0) is 8.60. The van der Waals surface area contributed by atoms with E-state index >= 15 is 0 Å². The molecule has 2 aliphatic heterocycles. The van der Waals surface area contributed by atoms with E-state index in [2.05, 4.69) is 28.7 Å². The molecule has 3 nitrogen and oxygen atoms in total. The number of fused-ring (bicyclic) bond motifs is 1. The summed E-state index contributed by atoms with van der Waals surface area (Å²) in [6.07, 6.45) is 9.41. The predicted molar refractivity (Wildman–Crippen MR) is 50.1 cm³/mol. The van der Waals surface area contributed by atoms with Gasteiger partial charge in [0.2, 0.25) is 0 Å². The first-order valence-corrected chi connectivity index (χ1v) is 3.95. The smallest absolute Gasteiger partial charge is 0.151 e. The maximum Gasteiger partial charge on any atom is 0.151 e. The van der Waals surface area contributed by atoms with Crippen molar-refractivity contribution in [3.63, 3.8) is 0 Å². The van der Waals surface area contributed by atoms with Gasteiger partial charge in [0.1, 0.15) is 0 Å². The normalized spacial score (nSPS) is 23.8. The molecule has 0 N–H and O–H groups in total. The van der Waals surface area contributed by atoms with Gasteiger partial charge in [-0.05, 0) is 19.9 Å². The molecule has 0 saturated heterocycles. The van der Waals surface area contributed by atoms with Gasteiger partial charge in [-0.2, -0.15) is 0 Å². The zero-order valence-electron chi connectivity index (χ0n) is 7.23. The van der Waals surface area contributed by atoms with Crippen molar-refractivity contribution in [3.05, 3.63) is 24.3 Å². The summed E-state index contributed by atoms with van der Waals surface area (Å²) < 4.78 is 0. The van der Waals surface area contributed by atoms with Crippen LogP contribution in [0.1, 0.15) is 13.8 Å². The molecule has 62 valence electrons. The van der Waals surface area contributed by atoms with Gasteiger partial charge in [-0.25, -0.2) is 4.99 Å². The topological polar surface area (TPSA) is 28.0 Å². The van der Waals surface area contributed by atoms with Gasteiger partial charge in [0.15, 0.2) is 5.82 Å². The maximum atomic E-state index is 4.21. The third-order valence-electron chi connectivity index (χ3n) is 1.98. The van der Waals surface area contributed by atoms with E-state index in [1.54, 1.807) is 12.4 Å². The summed E-state index contributed by atoms with van der Waals surface area (Å²) >= 11 is 0. The summed E-state index contributed by atoms with van der Waals surface area (Å²) in [5.41, 5.74) is -0.0572. The van der Waals surface area contributed by atoms with Gasteiger partial charge in [0, 0.05) is 18.6 Å². The highest BCUT2D eigenvalue weighted by atomic mass is 15.3. The molecule has 0 atom stereocenters. The number of rotatable bonds is 0. The first-order valence-electron chi connectivity index (χ1n) is 3.95. The van der Waals surface area contributed by atoms with Crippen LogP contribution in [-0.4, -0.2) is 22.9 Å². The first-order chi connectivity index (χ1) is 5.70. The van der Waals surface area contributed by atoms with E-state index in [0.29, 0.717) is 0 Å². The molecule has 0 radical (unpaired) electrons. The molecular formula is C9H11N3. The lowest BCUT2D eigenvalue weighted by molar-refractivity contribution is 0.314. The Hall–Kier alpha value is -1.38. The quantitative estimate of drug-likeness (QED) is 0.529. The van der Waals surface area contributed by atoms with Crippen molar-refractivity contribution in [3.8, 4) is 0 Å². The number of nitrogens with zero attached hydrogens (tertiary/aromatic N) is 3. The molecule has 0 fully saturated rings. The van der Waals surface area contributed by atoms with Crippen molar-refractivity contribution < 1.29 is 0 Å². The van der Waals surface area contributed by atoms with E-state index in [0.717, 1.165) is 5.82 Å². The van der Waals surface area contributed by atoms with Gasteiger partial charge >= 0.3 is 0 Å².